The highest BCUT2D eigenvalue weighted by molar-refractivity contribution is 5.85. The van der Waals surface area contributed by atoms with Crippen LogP contribution in [0.25, 0.3) is 0 Å². The van der Waals surface area contributed by atoms with Gasteiger partial charge in [-0.2, -0.15) is 0 Å². The predicted octanol–water partition coefficient (Wildman–Crippen LogP) is 1.31. The molecule has 7 nitrogen and oxygen atoms in total. The third-order valence-electron chi connectivity index (χ3n) is 5.53. The molecule has 0 unspecified atom stereocenters. The molecule has 9 heteroatoms. The average molecular weight is 430 g/mol. The Balaban J connectivity index is 0.00000300. The van der Waals surface area contributed by atoms with Crippen molar-refractivity contribution in [3.63, 3.8) is 0 Å². The summed E-state index contributed by atoms with van der Waals surface area (Å²) < 4.78 is 23.7. The highest BCUT2D eigenvalue weighted by Crippen LogP contribution is 2.32. The molecule has 162 valence electrons. The largest absolute Gasteiger partial charge is 0.484 e. The number of piperazine rings is 1. The van der Waals surface area contributed by atoms with Gasteiger partial charge < -0.3 is 24.6 Å². The minimum Gasteiger partial charge on any atom is -0.484 e. The fourth-order valence-corrected chi connectivity index (χ4v) is 3.86. The van der Waals surface area contributed by atoms with Gasteiger partial charge in [0.15, 0.2) is 6.61 Å². The summed E-state index contributed by atoms with van der Waals surface area (Å²) in [6.45, 7) is 3.96. The minimum absolute atomic E-state index is 0. The van der Waals surface area contributed by atoms with Crippen LogP contribution in [0.15, 0.2) is 24.3 Å². The number of carbonyl (C=O) groups excluding carboxylic acids is 2. The molecule has 0 spiro atoms. The van der Waals surface area contributed by atoms with Crippen molar-refractivity contribution in [3.05, 3.63) is 30.1 Å². The minimum atomic E-state index is -0.460. The molecule has 0 aromatic heterocycles. The van der Waals surface area contributed by atoms with E-state index in [0.717, 1.165) is 25.9 Å². The topological polar surface area (TPSA) is 71.1 Å². The molecular weight excluding hydrogens is 401 g/mol. The predicted molar refractivity (Wildman–Crippen MR) is 109 cm³/mol. The summed E-state index contributed by atoms with van der Waals surface area (Å²) in [4.78, 5) is 29.1. The molecule has 0 bridgehead atoms. The number of ether oxygens (including phenoxy) is 2. The second kappa shape index (κ2) is 10.8. The summed E-state index contributed by atoms with van der Waals surface area (Å²) in [7, 11) is 1.63. The Kier molecular flexibility index (Phi) is 8.67. The lowest BCUT2D eigenvalue weighted by atomic mass is 9.78. The molecule has 1 N–H and O–H groups in total. The number of piperidine rings is 1. The Morgan fingerprint density at radius 3 is 2.24 bits per heavy atom. The van der Waals surface area contributed by atoms with E-state index in [0.29, 0.717) is 38.5 Å². The summed E-state index contributed by atoms with van der Waals surface area (Å²) in [6, 6.07) is 5.57. The summed E-state index contributed by atoms with van der Waals surface area (Å²) in [5.74, 6) is 0.103. The zero-order valence-electron chi connectivity index (χ0n) is 16.7. The van der Waals surface area contributed by atoms with Crippen LogP contribution in [0.2, 0.25) is 0 Å². The first-order valence-electron chi connectivity index (χ1n) is 9.69. The summed E-state index contributed by atoms with van der Waals surface area (Å²) in [6.07, 6.45) is 1.54. The van der Waals surface area contributed by atoms with Crippen LogP contribution in [0.1, 0.15) is 12.8 Å². The van der Waals surface area contributed by atoms with Crippen molar-refractivity contribution in [3.8, 4) is 5.75 Å². The molecule has 2 saturated heterocycles. The van der Waals surface area contributed by atoms with Crippen molar-refractivity contribution < 1.29 is 23.5 Å². The first kappa shape index (κ1) is 23.4. The first-order valence-corrected chi connectivity index (χ1v) is 9.69. The Morgan fingerprint density at radius 2 is 1.66 bits per heavy atom. The summed E-state index contributed by atoms with van der Waals surface area (Å²) in [5, 5.41) is 3.29. The lowest BCUT2D eigenvalue weighted by Gasteiger charge is -2.42. The van der Waals surface area contributed by atoms with Gasteiger partial charge in [-0.1, -0.05) is 0 Å². The van der Waals surface area contributed by atoms with Gasteiger partial charge in [-0.25, -0.2) is 4.39 Å². The molecule has 2 heterocycles. The Morgan fingerprint density at radius 1 is 1.07 bits per heavy atom. The van der Waals surface area contributed by atoms with Gasteiger partial charge in [-0.3, -0.25) is 9.59 Å². The number of benzene rings is 1. The number of nitrogens with one attached hydrogen (secondary N) is 1. The normalized spacial score (nSPS) is 18.7. The molecule has 0 radical (unpaired) electrons. The standard InChI is InChI=1S/C20H28FN3O4.ClH/c1-27-15-20(6-8-22-9-7-20)19(26)24-12-10-23(11-13-24)18(25)14-28-17-4-2-16(21)3-5-17;/h2-5,22H,6-15H2,1H3;1H. The Bertz CT molecular complexity index is 669. The molecule has 1 aromatic rings. The SMILES string of the molecule is COCC1(C(=O)N2CCN(C(=O)COc3ccc(F)cc3)CC2)CCNCC1.Cl. The molecule has 2 amide bonds. The van der Waals surface area contributed by atoms with E-state index in [4.69, 9.17) is 9.47 Å². The van der Waals surface area contributed by atoms with E-state index in [9.17, 15) is 14.0 Å². The molecule has 2 aliphatic heterocycles. The molecule has 0 saturated carbocycles. The van der Waals surface area contributed by atoms with Crippen LogP contribution < -0.4 is 10.1 Å². The quantitative estimate of drug-likeness (QED) is 0.738. The maximum Gasteiger partial charge on any atom is 0.260 e. The van der Waals surface area contributed by atoms with Gasteiger partial charge in [0, 0.05) is 33.3 Å². The second-order valence-corrected chi connectivity index (χ2v) is 7.38. The van der Waals surface area contributed by atoms with E-state index < -0.39 is 5.41 Å². The maximum absolute atomic E-state index is 13.1. The molecule has 2 aliphatic rings. The van der Waals surface area contributed by atoms with Crippen LogP contribution in [0.3, 0.4) is 0 Å². The number of hydrogen-bond acceptors (Lipinski definition) is 5. The third kappa shape index (κ3) is 5.81. The number of hydrogen-bond donors (Lipinski definition) is 1. The number of carbonyl (C=O) groups is 2. The molecule has 3 rings (SSSR count). The zero-order chi connectivity index (χ0) is 20.0. The van der Waals surface area contributed by atoms with Gasteiger partial charge >= 0.3 is 0 Å². The number of rotatable bonds is 6. The van der Waals surface area contributed by atoms with E-state index in [2.05, 4.69) is 5.32 Å². The van der Waals surface area contributed by atoms with Crippen molar-refractivity contribution >= 4 is 24.2 Å². The van der Waals surface area contributed by atoms with Gasteiger partial charge in [0.1, 0.15) is 11.6 Å². The van der Waals surface area contributed by atoms with E-state index in [1.807, 2.05) is 4.90 Å². The van der Waals surface area contributed by atoms with Crippen molar-refractivity contribution in [2.75, 3.05) is 59.6 Å². The Hall–Kier alpha value is -1.90. The number of amides is 2. The van der Waals surface area contributed by atoms with Crippen LogP contribution >= 0.6 is 12.4 Å². The summed E-state index contributed by atoms with van der Waals surface area (Å²) in [5.41, 5.74) is -0.460. The zero-order valence-corrected chi connectivity index (χ0v) is 17.5. The molecule has 0 aliphatic carbocycles. The molecule has 1 aromatic carbocycles. The van der Waals surface area contributed by atoms with Gasteiger partial charge in [0.25, 0.3) is 5.91 Å². The van der Waals surface area contributed by atoms with Crippen LogP contribution in [0.4, 0.5) is 4.39 Å². The van der Waals surface area contributed by atoms with Crippen molar-refractivity contribution in [2.45, 2.75) is 12.8 Å². The van der Waals surface area contributed by atoms with Crippen LogP contribution in [-0.2, 0) is 14.3 Å². The smallest absolute Gasteiger partial charge is 0.260 e. The average Bonchev–Trinajstić information content (AvgIpc) is 2.73. The van der Waals surface area contributed by atoms with E-state index in [1.54, 1.807) is 12.0 Å². The van der Waals surface area contributed by atoms with Gasteiger partial charge in [-0.15, -0.1) is 12.4 Å². The molecule has 0 atom stereocenters. The second-order valence-electron chi connectivity index (χ2n) is 7.38. The van der Waals surface area contributed by atoms with Crippen molar-refractivity contribution in [1.82, 2.24) is 15.1 Å². The first-order chi connectivity index (χ1) is 13.5. The fraction of sp³-hybridized carbons (Fsp3) is 0.600. The van der Waals surface area contributed by atoms with Crippen LogP contribution in [0.5, 0.6) is 5.75 Å². The van der Waals surface area contributed by atoms with Crippen molar-refractivity contribution in [1.29, 1.82) is 0 Å². The Labute approximate surface area is 176 Å². The molecular formula is C20H29ClFN3O4. The van der Waals surface area contributed by atoms with Crippen molar-refractivity contribution in [2.24, 2.45) is 5.41 Å². The van der Waals surface area contributed by atoms with Crippen LogP contribution in [0, 0.1) is 11.2 Å². The highest BCUT2D eigenvalue weighted by atomic mass is 35.5. The lowest BCUT2D eigenvalue weighted by molar-refractivity contribution is -0.152. The molecule has 29 heavy (non-hydrogen) atoms. The van der Waals surface area contributed by atoms with Crippen LogP contribution in [-0.4, -0.2) is 81.2 Å². The molecule has 2 fully saturated rings. The lowest BCUT2D eigenvalue weighted by Crippen LogP contribution is -2.57. The van der Waals surface area contributed by atoms with E-state index >= 15 is 0 Å². The monoisotopic (exact) mass is 429 g/mol. The number of nitrogens with zero attached hydrogens (tertiary/aromatic N) is 2. The highest BCUT2D eigenvalue weighted by Gasteiger charge is 2.43. The van der Waals surface area contributed by atoms with Gasteiger partial charge in [0.05, 0.1) is 12.0 Å². The van der Waals surface area contributed by atoms with Gasteiger partial charge in [0.2, 0.25) is 5.91 Å². The van der Waals surface area contributed by atoms with E-state index in [1.165, 1.54) is 24.3 Å². The summed E-state index contributed by atoms with van der Waals surface area (Å²) >= 11 is 0. The maximum atomic E-state index is 13.1. The fourth-order valence-electron chi connectivity index (χ4n) is 3.86. The van der Waals surface area contributed by atoms with Gasteiger partial charge in [-0.05, 0) is 50.2 Å². The van der Waals surface area contributed by atoms with E-state index in [-0.39, 0.29) is 36.6 Å². The number of halogens is 2. The number of methoxy groups -OCH3 is 1. The third-order valence-corrected chi connectivity index (χ3v) is 5.53.